The van der Waals surface area contributed by atoms with Gasteiger partial charge in [0.2, 0.25) is 5.03 Å². The van der Waals surface area contributed by atoms with Crippen molar-refractivity contribution in [2.75, 3.05) is 44.2 Å². The number of anilines is 1. The highest BCUT2D eigenvalue weighted by Crippen LogP contribution is 2.26. The van der Waals surface area contributed by atoms with Crippen LogP contribution in [0.5, 0.6) is 0 Å². The van der Waals surface area contributed by atoms with Crippen LogP contribution in [0.3, 0.4) is 0 Å². The van der Waals surface area contributed by atoms with E-state index in [1.165, 1.54) is 26.3 Å². The molecule has 2 aliphatic heterocycles. The van der Waals surface area contributed by atoms with Gasteiger partial charge in [0.15, 0.2) is 0 Å². The van der Waals surface area contributed by atoms with Crippen molar-refractivity contribution in [2.24, 2.45) is 0 Å². The van der Waals surface area contributed by atoms with Crippen LogP contribution in [0.15, 0.2) is 29.4 Å². The average Bonchev–Trinajstić information content (AvgIpc) is 3.50. The zero-order valence-corrected chi connectivity index (χ0v) is 20.4. The highest BCUT2D eigenvalue weighted by molar-refractivity contribution is 7.89. The zero-order valence-electron chi connectivity index (χ0n) is 19.6. The lowest BCUT2D eigenvalue weighted by Gasteiger charge is -2.36. The van der Waals surface area contributed by atoms with E-state index in [2.05, 4.69) is 41.3 Å². The minimum Gasteiger partial charge on any atom is -0.376 e. The first-order valence-corrected chi connectivity index (χ1v) is 13.0. The first kappa shape index (κ1) is 23.7. The van der Waals surface area contributed by atoms with Crippen LogP contribution in [0.25, 0.3) is 0 Å². The van der Waals surface area contributed by atoms with Crippen molar-refractivity contribution in [3.8, 4) is 0 Å². The van der Waals surface area contributed by atoms with Gasteiger partial charge in [-0.05, 0) is 50.8 Å². The lowest BCUT2D eigenvalue weighted by Crippen LogP contribution is -2.49. The molecule has 0 aliphatic carbocycles. The summed E-state index contributed by atoms with van der Waals surface area (Å²) in [6, 6.07) is 6.18. The molecule has 0 unspecified atom stereocenters. The van der Waals surface area contributed by atoms with Gasteiger partial charge in [-0.15, -0.1) is 0 Å². The number of carbonyl (C=O) groups is 1. The van der Waals surface area contributed by atoms with Gasteiger partial charge in [-0.1, -0.05) is 12.1 Å². The molecule has 3 heterocycles. The average molecular weight is 476 g/mol. The number of hydrogen-bond acceptors (Lipinski definition) is 6. The van der Waals surface area contributed by atoms with Crippen LogP contribution >= 0.6 is 0 Å². The summed E-state index contributed by atoms with van der Waals surface area (Å²) < 4.78 is 35.5. The van der Waals surface area contributed by atoms with Gasteiger partial charge in [0, 0.05) is 57.8 Å². The summed E-state index contributed by atoms with van der Waals surface area (Å²) in [4.78, 5) is 15.1. The SMILES string of the molecule is CCn1cc(C(=O)NC[C@@H]2CCCO2)c(S(=O)(=O)N2CCN(c3cccc(C)c3C)CC2)n1. The Morgan fingerprint density at radius 3 is 2.64 bits per heavy atom. The maximum atomic E-state index is 13.5. The fraction of sp³-hybridized carbons (Fsp3) is 0.565. The van der Waals surface area contributed by atoms with Crippen LogP contribution in [0.4, 0.5) is 5.69 Å². The van der Waals surface area contributed by atoms with Gasteiger partial charge < -0.3 is 15.0 Å². The summed E-state index contributed by atoms with van der Waals surface area (Å²) in [5.74, 6) is -0.433. The predicted octanol–water partition coefficient (Wildman–Crippen LogP) is 1.94. The largest absolute Gasteiger partial charge is 0.376 e. The molecule has 1 amide bonds. The number of amides is 1. The summed E-state index contributed by atoms with van der Waals surface area (Å²) in [5, 5.41) is 6.91. The number of nitrogens with zero attached hydrogens (tertiary/aromatic N) is 4. The number of ether oxygens (including phenoxy) is 1. The van der Waals surface area contributed by atoms with Crippen LogP contribution in [0.1, 0.15) is 41.3 Å². The van der Waals surface area contributed by atoms with E-state index in [-0.39, 0.29) is 16.7 Å². The van der Waals surface area contributed by atoms with Crippen molar-refractivity contribution in [3.05, 3.63) is 41.1 Å². The van der Waals surface area contributed by atoms with Crippen molar-refractivity contribution in [2.45, 2.75) is 51.3 Å². The van der Waals surface area contributed by atoms with Gasteiger partial charge in [0.25, 0.3) is 15.9 Å². The molecule has 2 aromatic rings. The number of benzene rings is 1. The molecular weight excluding hydrogens is 442 g/mol. The number of sulfonamides is 1. The lowest BCUT2D eigenvalue weighted by atomic mass is 10.1. The fourth-order valence-corrected chi connectivity index (χ4v) is 5.91. The molecule has 0 bridgehead atoms. The van der Waals surface area contributed by atoms with Crippen LogP contribution in [0.2, 0.25) is 0 Å². The van der Waals surface area contributed by atoms with Crippen LogP contribution in [-0.2, 0) is 21.3 Å². The smallest absolute Gasteiger partial charge is 0.263 e. The standard InChI is InChI=1S/C23H33N5O4S/c1-4-27-16-20(22(29)24-15-19-8-6-14-32-19)23(25-27)33(30,31)28-12-10-26(11-13-28)21-9-5-7-17(2)18(21)3/h5,7,9,16,19H,4,6,8,10-15H2,1-3H3,(H,24,29)/t19-/m0/s1. The molecule has 1 N–H and O–H groups in total. The third-order valence-corrected chi connectivity index (χ3v) is 8.39. The second-order valence-corrected chi connectivity index (χ2v) is 10.5. The highest BCUT2D eigenvalue weighted by atomic mass is 32.2. The summed E-state index contributed by atoms with van der Waals surface area (Å²) in [6.07, 6.45) is 3.37. The zero-order chi connectivity index (χ0) is 23.6. The monoisotopic (exact) mass is 475 g/mol. The molecule has 2 saturated heterocycles. The molecule has 1 aromatic carbocycles. The topological polar surface area (TPSA) is 96.8 Å². The summed E-state index contributed by atoms with van der Waals surface area (Å²) in [5.41, 5.74) is 3.65. The van der Waals surface area contributed by atoms with Crippen LogP contribution in [0, 0.1) is 13.8 Å². The van der Waals surface area contributed by atoms with E-state index in [9.17, 15) is 13.2 Å². The number of hydrogen-bond donors (Lipinski definition) is 1. The Hall–Kier alpha value is -2.43. The first-order chi connectivity index (χ1) is 15.8. The number of aryl methyl sites for hydroxylation is 2. The molecule has 33 heavy (non-hydrogen) atoms. The van der Waals surface area contributed by atoms with Crippen molar-refractivity contribution < 1.29 is 17.9 Å². The highest BCUT2D eigenvalue weighted by Gasteiger charge is 2.35. The number of nitrogens with one attached hydrogen (secondary N) is 1. The Morgan fingerprint density at radius 2 is 1.97 bits per heavy atom. The molecular formula is C23H33N5O4S. The van der Waals surface area contributed by atoms with Gasteiger partial charge in [0.1, 0.15) is 0 Å². The normalized spacial score (nSPS) is 19.7. The Labute approximate surface area is 195 Å². The molecule has 4 rings (SSSR count). The number of aromatic nitrogens is 2. The number of carbonyl (C=O) groups excluding carboxylic acids is 1. The molecule has 0 spiro atoms. The van der Waals surface area contributed by atoms with Gasteiger partial charge in [0.05, 0.1) is 11.7 Å². The molecule has 1 atom stereocenters. The minimum absolute atomic E-state index is 0.0200. The molecule has 1 aromatic heterocycles. The van der Waals surface area contributed by atoms with Crippen molar-refractivity contribution >= 4 is 21.6 Å². The summed E-state index contributed by atoms with van der Waals surface area (Å²) in [7, 11) is -3.91. The molecule has 180 valence electrons. The Morgan fingerprint density at radius 1 is 1.21 bits per heavy atom. The quantitative estimate of drug-likeness (QED) is 0.657. The van der Waals surface area contributed by atoms with Gasteiger partial charge in [-0.25, -0.2) is 8.42 Å². The Bertz CT molecular complexity index is 1100. The Balaban J connectivity index is 1.49. The summed E-state index contributed by atoms with van der Waals surface area (Å²) in [6.45, 7) is 9.41. The Kier molecular flexibility index (Phi) is 7.06. The van der Waals surface area contributed by atoms with E-state index in [4.69, 9.17) is 4.74 Å². The maximum Gasteiger partial charge on any atom is 0.263 e. The van der Waals surface area contributed by atoms with E-state index in [1.807, 2.05) is 13.0 Å². The van der Waals surface area contributed by atoms with E-state index < -0.39 is 15.9 Å². The fourth-order valence-electron chi connectivity index (χ4n) is 4.39. The van der Waals surface area contributed by atoms with Crippen LogP contribution < -0.4 is 10.2 Å². The minimum atomic E-state index is -3.91. The predicted molar refractivity (Wildman–Crippen MR) is 126 cm³/mol. The van der Waals surface area contributed by atoms with Crippen molar-refractivity contribution in [1.82, 2.24) is 19.4 Å². The van der Waals surface area contributed by atoms with E-state index in [0.717, 1.165) is 18.5 Å². The molecule has 10 heteroatoms. The van der Waals surface area contributed by atoms with Crippen molar-refractivity contribution in [1.29, 1.82) is 0 Å². The number of rotatable bonds is 7. The molecule has 0 radical (unpaired) electrons. The van der Waals surface area contributed by atoms with Crippen LogP contribution in [-0.4, -0.2) is 73.8 Å². The maximum absolute atomic E-state index is 13.5. The lowest BCUT2D eigenvalue weighted by molar-refractivity contribution is 0.0855. The molecule has 2 fully saturated rings. The van der Waals surface area contributed by atoms with E-state index in [1.54, 1.807) is 0 Å². The van der Waals surface area contributed by atoms with Crippen molar-refractivity contribution in [3.63, 3.8) is 0 Å². The molecule has 2 aliphatic rings. The third kappa shape index (κ3) is 4.92. The van der Waals surface area contributed by atoms with Gasteiger partial charge in [-0.2, -0.15) is 9.40 Å². The molecule has 9 nitrogen and oxygen atoms in total. The van der Waals surface area contributed by atoms with E-state index in [0.29, 0.717) is 45.9 Å². The second-order valence-electron chi connectivity index (χ2n) is 8.66. The van der Waals surface area contributed by atoms with Gasteiger partial charge in [-0.3, -0.25) is 9.48 Å². The first-order valence-electron chi connectivity index (χ1n) is 11.6. The molecule has 0 saturated carbocycles. The third-order valence-electron chi connectivity index (χ3n) is 6.55. The summed E-state index contributed by atoms with van der Waals surface area (Å²) >= 11 is 0. The van der Waals surface area contributed by atoms with Gasteiger partial charge >= 0.3 is 0 Å². The van der Waals surface area contributed by atoms with E-state index >= 15 is 0 Å². The number of piperazine rings is 1. The second kappa shape index (κ2) is 9.82.